The van der Waals surface area contributed by atoms with Crippen LogP contribution < -0.4 is 5.32 Å². The first-order valence-corrected chi connectivity index (χ1v) is 5.71. The first kappa shape index (κ1) is 13.8. The van der Waals surface area contributed by atoms with Crippen molar-refractivity contribution in [1.82, 2.24) is 5.32 Å². The van der Waals surface area contributed by atoms with Gasteiger partial charge in [-0.25, -0.2) is 0 Å². The molecule has 1 N–H and O–H groups in total. The smallest absolute Gasteiger partial charge is 0.226 e. The van der Waals surface area contributed by atoms with Gasteiger partial charge in [-0.15, -0.1) is 0 Å². The normalized spacial score (nSPS) is 13.5. The summed E-state index contributed by atoms with van der Waals surface area (Å²) in [5.41, 5.74) is -0.423. The number of aryl methyl sites for hydroxylation is 1. The third kappa shape index (κ3) is 3.89. The number of ether oxygens (including phenoxy) is 1. The van der Waals surface area contributed by atoms with Gasteiger partial charge in [0.15, 0.2) is 0 Å². The van der Waals surface area contributed by atoms with Crippen molar-refractivity contribution in [2.45, 2.75) is 33.7 Å². The number of hydrogen-bond acceptors (Lipinski definition) is 3. The van der Waals surface area contributed by atoms with Crippen LogP contribution in [0.3, 0.4) is 0 Å². The molecule has 0 bridgehead atoms. The van der Waals surface area contributed by atoms with E-state index in [4.69, 9.17) is 9.15 Å². The van der Waals surface area contributed by atoms with Gasteiger partial charge >= 0.3 is 0 Å². The highest BCUT2D eigenvalue weighted by molar-refractivity contribution is 5.81. The predicted octanol–water partition coefficient (Wildman–Crippen LogP) is 2.44. The number of amides is 1. The van der Waals surface area contributed by atoms with Crippen LogP contribution in [0.15, 0.2) is 16.5 Å². The zero-order chi connectivity index (χ0) is 13.1. The molecule has 0 aromatic carbocycles. The van der Waals surface area contributed by atoms with Crippen LogP contribution in [0, 0.1) is 12.3 Å². The van der Waals surface area contributed by atoms with Gasteiger partial charge in [-0.05, 0) is 19.1 Å². The summed E-state index contributed by atoms with van der Waals surface area (Å²) in [5, 5.41) is 2.93. The Kier molecular flexibility index (Phi) is 4.34. The molecule has 1 aromatic heterocycles. The molecule has 1 rings (SSSR count). The fourth-order valence-corrected chi connectivity index (χ4v) is 1.38. The Morgan fingerprint density at radius 3 is 2.53 bits per heavy atom. The van der Waals surface area contributed by atoms with Crippen LogP contribution in [0.5, 0.6) is 0 Å². The first-order chi connectivity index (χ1) is 7.84. The summed E-state index contributed by atoms with van der Waals surface area (Å²) in [4.78, 5) is 11.9. The summed E-state index contributed by atoms with van der Waals surface area (Å²) in [5.74, 6) is 1.53. The molecule has 0 aliphatic carbocycles. The Morgan fingerprint density at radius 2 is 2.12 bits per heavy atom. The van der Waals surface area contributed by atoms with Gasteiger partial charge in [0.1, 0.15) is 17.6 Å². The summed E-state index contributed by atoms with van der Waals surface area (Å²) >= 11 is 0. The minimum absolute atomic E-state index is 0.0198. The Balaban J connectivity index is 2.77. The van der Waals surface area contributed by atoms with E-state index in [0.29, 0.717) is 6.61 Å². The van der Waals surface area contributed by atoms with Crippen LogP contribution in [0.4, 0.5) is 0 Å². The topological polar surface area (TPSA) is 51.5 Å². The maximum atomic E-state index is 11.9. The van der Waals surface area contributed by atoms with Crippen molar-refractivity contribution in [2.24, 2.45) is 5.41 Å². The van der Waals surface area contributed by atoms with Gasteiger partial charge < -0.3 is 14.5 Å². The Labute approximate surface area is 102 Å². The lowest BCUT2D eigenvalue weighted by Crippen LogP contribution is -2.38. The fourth-order valence-electron chi connectivity index (χ4n) is 1.38. The van der Waals surface area contributed by atoms with Crippen molar-refractivity contribution in [3.8, 4) is 0 Å². The predicted molar refractivity (Wildman–Crippen MR) is 65.7 cm³/mol. The van der Waals surface area contributed by atoms with E-state index in [1.807, 2.05) is 39.8 Å². The second-order valence-corrected chi connectivity index (χ2v) is 5.18. The monoisotopic (exact) mass is 239 g/mol. The van der Waals surface area contributed by atoms with Crippen LogP contribution in [0.1, 0.15) is 38.3 Å². The van der Waals surface area contributed by atoms with Crippen LogP contribution in [-0.4, -0.2) is 19.6 Å². The molecule has 1 heterocycles. The second-order valence-electron chi connectivity index (χ2n) is 5.18. The number of furan rings is 1. The number of nitrogens with one attached hydrogen (secondary N) is 1. The lowest BCUT2D eigenvalue weighted by Gasteiger charge is -2.22. The average molecular weight is 239 g/mol. The van der Waals surface area contributed by atoms with Gasteiger partial charge in [0.25, 0.3) is 0 Å². The standard InChI is InChI=1S/C13H21NO3/c1-9-6-7-11(17-9)10(8-16-5)14-12(15)13(2,3)4/h6-7,10H,8H2,1-5H3,(H,14,15). The SMILES string of the molecule is COCC(NC(=O)C(C)(C)C)c1ccc(C)o1. The van der Waals surface area contributed by atoms with Crippen molar-refractivity contribution < 1.29 is 13.9 Å². The molecule has 0 saturated heterocycles. The molecule has 17 heavy (non-hydrogen) atoms. The molecule has 1 unspecified atom stereocenters. The Bertz CT molecular complexity index is 376. The number of carbonyl (C=O) groups is 1. The zero-order valence-electron chi connectivity index (χ0n) is 11.2. The first-order valence-electron chi connectivity index (χ1n) is 5.71. The van der Waals surface area contributed by atoms with Crippen molar-refractivity contribution in [3.05, 3.63) is 23.7 Å². The molecular formula is C13H21NO3. The summed E-state index contributed by atoms with van der Waals surface area (Å²) in [6.45, 7) is 7.90. The molecule has 0 fully saturated rings. The molecule has 1 atom stereocenters. The molecule has 4 nitrogen and oxygen atoms in total. The quantitative estimate of drug-likeness (QED) is 0.878. The molecule has 0 aliphatic rings. The van der Waals surface area contributed by atoms with Crippen molar-refractivity contribution in [2.75, 3.05) is 13.7 Å². The van der Waals surface area contributed by atoms with E-state index in [-0.39, 0.29) is 11.9 Å². The highest BCUT2D eigenvalue weighted by Gasteiger charge is 2.26. The van der Waals surface area contributed by atoms with E-state index in [9.17, 15) is 4.79 Å². The van der Waals surface area contributed by atoms with Crippen LogP contribution >= 0.6 is 0 Å². The summed E-state index contributed by atoms with van der Waals surface area (Å²) in [7, 11) is 1.60. The number of rotatable bonds is 4. The third-order valence-corrected chi connectivity index (χ3v) is 2.42. The third-order valence-electron chi connectivity index (χ3n) is 2.42. The van der Waals surface area contributed by atoms with E-state index in [2.05, 4.69) is 5.32 Å². The molecule has 4 heteroatoms. The maximum absolute atomic E-state index is 11.9. The fraction of sp³-hybridized carbons (Fsp3) is 0.615. The van der Waals surface area contributed by atoms with Crippen LogP contribution in [0.25, 0.3) is 0 Å². The molecule has 0 radical (unpaired) electrons. The minimum atomic E-state index is -0.423. The highest BCUT2D eigenvalue weighted by Crippen LogP contribution is 2.20. The summed E-state index contributed by atoms with van der Waals surface area (Å²) in [6, 6.07) is 3.50. The molecule has 1 aromatic rings. The van der Waals surface area contributed by atoms with E-state index in [0.717, 1.165) is 11.5 Å². The van der Waals surface area contributed by atoms with E-state index in [1.54, 1.807) is 7.11 Å². The molecule has 0 spiro atoms. The maximum Gasteiger partial charge on any atom is 0.226 e. The Hall–Kier alpha value is -1.29. The van der Waals surface area contributed by atoms with E-state index >= 15 is 0 Å². The molecule has 0 aliphatic heterocycles. The Morgan fingerprint density at radius 1 is 1.47 bits per heavy atom. The zero-order valence-corrected chi connectivity index (χ0v) is 11.2. The van der Waals surface area contributed by atoms with Gasteiger partial charge in [-0.2, -0.15) is 0 Å². The lowest BCUT2D eigenvalue weighted by atomic mass is 9.95. The van der Waals surface area contributed by atoms with Crippen molar-refractivity contribution in [3.63, 3.8) is 0 Å². The van der Waals surface area contributed by atoms with Gasteiger partial charge in [0, 0.05) is 12.5 Å². The number of hydrogen-bond donors (Lipinski definition) is 1. The van der Waals surface area contributed by atoms with Gasteiger partial charge in [0.05, 0.1) is 6.61 Å². The minimum Gasteiger partial charge on any atom is -0.464 e. The van der Waals surface area contributed by atoms with Crippen molar-refractivity contribution >= 4 is 5.91 Å². The van der Waals surface area contributed by atoms with Crippen LogP contribution in [0.2, 0.25) is 0 Å². The highest BCUT2D eigenvalue weighted by atomic mass is 16.5. The average Bonchev–Trinajstić information content (AvgIpc) is 2.62. The largest absolute Gasteiger partial charge is 0.464 e. The molecule has 0 saturated carbocycles. The summed E-state index contributed by atoms with van der Waals surface area (Å²) in [6.07, 6.45) is 0. The number of carbonyl (C=O) groups excluding carboxylic acids is 1. The van der Waals surface area contributed by atoms with Crippen LogP contribution in [-0.2, 0) is 9.53 Å². The summed E-state index contributed by atoms with van der Waals surface area (Å²) < 4.78 is 10.6. The van der Waals surface area contributed by atoms with Gasteiger partial charge in [-0.1, -0.05) is 20.8 Å². The molecule has 1 amide bonds. The van der Waals surface area contributed by atoms with Gasteiger partial charge in [0.2, 0.25) is 5.91 Å². The second kappa shape index (κ2) is 5.36. The lowest BCUT2D eigenvalue weighted by molar-refractivity contribution is -0.129. The van der Waals surface area contributed by atoms with E-state index in [1.165, 1.54) is 0 Å². The van der Waals surface area contributed by atoms with Gasteiger partial charge in [-0.3, -0.25) is 4.79 Å². The molecule has 96 valence electrons. The van der Waals surface area contributed by atoms with Crippen molar-refractivity contribution in [1.29, 1.82) is 0 Å². The number of methoxy groups -OCH3 is 1. The molecular weight excluding hydrogens is 218 g/mol. The van der Waals surface area contributed by atoms with E-state index < -0.39 is 5.41 Å².